The lowest BCUT2D eigenvalue weighted by Gasteiger charge is -2.13. The summed E-state index contributed by atoms with van der Waals surface area (Å²) in [6.45, 7) is 9.66. The van der Waals surface area contributed by atoms with E-state index in [1.807, 2.05) is 26.0 Å². The van der Waals surface area contributed by atoms with Crippen molar-refractivity contribution in [1.82, 2.24) is 15.4 Å². The zero-order chi connectivity index (χ0) is 17.5. The van der Waals surface area contributed by atoms with Gasteiger partial charge >= 0.3 is 0 Å². The lowest BCUT2D eigenvalue weighted by Crippen LogP contribution is -2.34. The number of likely N-dealkylation sites (N-methyl/N-ethyl adjacent to an activating group) is 1. The highest BCUT2D eigenvalue weighted by atomic mass is 35.5. The van der Waals surface area contributed by atoms with Crippen molar-refractivity contribution in [3.05, 3.63) is 28.8 Å². The summed E-state index contributed by atoms with van der Waals surface area (Å²) in [6, 6.07) is 3.68. The Hall–Kier alpha value is -1.15. The van der Waals surface area contributed by atoms with Crippen molar-refractivity contribution in [2.45, 2.75) is 39.0 Å². The van der Waals surface area contributed by atoms with E-state index in [1.165, 1.54) is 0 Å². The van der Waals surface area contributed by atoms with Crippen LogP contribution >= 0.6 is 12.4 Å². The highest BCUT2D eigenvalue weighted by molar-refractivity contribution is 7.89. The van der Waals surface area contributed by atoms with Gasteiger partial charge in [-0.3, -0.25) is 4.79 Å². The quantitative estimate of drug-likeness (QED) is 0.568. The number of halogens is 1. The fourth-order valence-electron chi connectivity index (χ4n) is 2.52. The SMILES string of the molecule is CCNCCNC(=O)CCNS(=O)(=O)c1c(C)cc(C)cc1C.Cl. The molecule has 1 aromatic rings. The molecule has 24 heavy (non-hydrogen) atoms. The number of nitrogens with one attached hydrogen (secondary N) is 3. The van der Waals surface area contributed by atoms with Gasteiger partial charge in [0.15, 0.2) is 0 Å². The number of hydrogen-bond acceptors (Lipinski definition) is 4. The van der Waals surface area contributed by atoms with Crippen LogP contribution in [0.25, 0.3) is 0 Å². The predicted octanol–water partition coefficient (Wildman–Crippen LogP) is 1.43. The molecular weight excluding hydrogens is 350 g/mol. The molecule has 0 fully saturated rings. The number of sulfonamides is 1. The van der Waals surface area contributed by atoms with E-state index in [0.29, 0.717) is 29.1 Å². The molecule has 0 aromatic heterocycles. The second kappa shape index (κ2) is 10.7. The van der Waals surface area contributed by atoms with Gasteiger partial charge in [0.25, 0.3) is 0 Å². The molecule has 3 N–H and O–H groups in total. The van der Waals surface area contributed by atoms with Gasteiger partial charge in [-0.15, -0.1) is 12.4 Å². The van der Waals surface area contributed by atoms with Gasteiger partial charge in [0, 0.05) is 26.1 Å². The first-order valence-corrected chi connectivity index (χ1v) is 9.31. The summed E-state index contributed by atoms with van der Waals surface area (Å²) in [5.41, 5.74) is 2.45. The molecule has 0 spiro atoms. The Balaban J connectivity index is 0.00000529. The van der Waals surface area contributed by atoms with Crippen LogP contribution in [0.1, 0.15) is 30.0 Å². The number of hydrogen-bond donors (Lipinski definition) is 3. The van der Waals surface area contributed by atoms with Crippen molar-refractivity contribution in [2.75, 3.05) is 26.2 Å². The fraction of sp³-hybridized carbons (Fsp3) is 0.562. The average Bonchev–Trinajstić information content (AvgIpc) is 2.41. The van der Waals surface area contributed by atoms with E-state index in [9.17, 15) is 13.2 Å². The Morgan fingerprint density at radius 2 is 1.62 bits per heavy atom. The minimum atomic E-state index is -3.61. The van der Waals surface area contributed by atoms with Crippen molar-refractivity contribution in [2.24, 2.45) is 0 Å². The molecule has 0 atom stereocenters. The van der Waals surface area contributed by atoms with Crippen LogP contribution in [-0.4, -0.2) is 40.5 Å². The molecule has 8 heteroatoms. The van der Waals surface area contributed by atoms with Crippen molar-refractivity contribution in [3.8, 4) is 0 Å². The molecule has 0 radical (unpaired) electrons. The molecule has 0 bridgehead atoms. The number of rotatable bonds is 9. The smallest absolute Gasteiger partial charge is 0.241 e. The van der Waals surface area contributed by atoms with Crippen molar-refractivity contribution >= 4 is 28.3 Å². The van der Waals surface area contributed by atoms with Crippen LogP contribution in [0.4, 0.5) is 0 Å². The molecule has 1 aromatic carbocycles. The Bertz CT molecular complexity index is 625. The maximum Gasteiger partial charge on any atom is 0.241 e. The van der Waals surface area contributed by atoms with Gasteiger partial charge in [0.2, 0.25) is 15.9 Å². The molecule has 6 nitrogen and oxygen atoms in total. The molecule has 0 heterocycles. The topological polar surface area (TPSA) is 87.3 Å². The van der Waals surface area contributed by atoms with E-state index in [2.05, 4.69) is 15.4 Å². The summed E-state index contributed by atoms with van der Waals surface area (Å²) in [5, 5.41) is 5.83. The zero-order valence-electron chi connectivity index (χ0n) is 14.7. The number of amides is 1. The molecule has 0 aliphatic carbocycles. The van der Waals surface area contributed by atoms with Crippen LogP contribution < -0.4 is 15.4 Å². The summed E-state index contributed by atoms with van der Waals surface area (Å²) < 4.78 is 27.3. The third-order valence-electron chi connectivity index (χ3n) is 3.39. The second-order valence-corrected chi connectivity index (χ2v) is 7.28. The first-order chi connectivity index (χ1) is 10.8. The van der Waals surface area contributed by atoms with Gasteiger partial charge in [-0.25, -0.2) is 13.1 Å². The van der Waals surface area contributed by atoms with Gasteiger partial charge < -0.3 is 10.6 Å². The number of carbonyl (C=O) groups is 1. The van der Waals surface area contributed by atoms with E-state index in [1.54, 1.807) is 13.8 Å². The second-order valence-electron chi connectivity index (χ2n) is 5.58. The highest BCUT2D eigenvalue weighted by Gasteiger charge is 2.19. The van der Waals surface area contributed by atoms with Crippen LogP contribution in [0.2, 0.25) is 0 Å². The standard InChI is InChI=1S/C16H27N3O3S.ClH/c1-5-17-8-9-18-15(20)6-7-19-23(21,22)16-13(3)10-12(2)11-14(16)4;/h10-11,17,19H,5-9H2,1-4H3,(H,18,20);1H. The predicted molar refractivity (Wildman–Crippen MR) is 99.3 cm³/mol. The first-order valence-electron chi connectivity index (χ1n) is 7.83. The van der Waals surface area contributed by atoms with Gasteiger partial charge in [0.1, 0.15) is 0 Å². The Morgan fingerprint density at radius 3 is 2.17 bits per heavy atom. The largest absolute Gasteiger partial charge is 0.355 e. The van der Waals surface area contributed by atoms with Crippen LogP contribution in [0.3, 0.4) is 0 Å². The summed E-state index contributed by atoms with van der Waals surface area (Å²) in [6.07, 6.45) is 0.120. The lowest BCUT2D eigenvalue weighted by molar-refractivity contribution is -0.120. The van der Waals surface area contributed by atoms with Crippen molar-refractivity contribution in [1.29, 1.82) is 0 Å². The molecule has 0 saturated carbocycles. The maximum absolute atomic E-state index is 12.4. The number of benzene rings is 1. The van der Waals surface area contributed by atoms with E-state index in [0.717, 1.165) is 12.1 Å². The molecule has 1 rings (SSSR count). The number of aryl methyl sites for hydroxylation is 3. The normalized spacial score (nSPS) is 11.0. The number of carbonyl (C=O) groups excluding carboxylic acids is 1. The third kappa shape index (κ3) is 7.17. The Morgan fingerprint density at radius 1 is 1.04 bits per heavy atom. The molecule has 0 aliphatic rings. The summed E-state index contributed by atoms with van der Waals surface area (Å²) in [4.78, 5) is 11.9. The summed E-state index contributed by atoms with van der Waals surface area (Å²) in [5.74, 6) is -0.164. The summed E-state index contributed by atoms with van der Waals surface area (Å²) >= 11 is 0. The van der Waals surface area contributed by atoms with Crippen LogP contribution in [0, 0.1) is 20.8 Å². The molecule has 0 saturated heterocycles. The minimum Gasteiger partial charge on any atom is -0.355 e. The first kappa shape index (κ1) is 22.9. The molecule has 0 aliphatic heterocycles. The van der Waals surface area contributed by atoms with E-state index < -0.39 is 10.0 Å². The molecule has 1 amide bonds. The molecular formula is C16H28ClN3O3S. The van der Waals surface area contributed by atoms with E-state index in [-0.39, 0.29) is 31.3 Å². The molecule has 138 valence electrons. The molecule has 0 unspecified atom stereocenters. The Kier molecular flexibility index (Phi) is 10.1. The fourth-order valence-corrected chi connectivity index (χ4v) is 4.00. The Labute approximate surface area is 151 Å². The van der Waals surface area contributed by atoms with Gasteiger partial charge in [0.05, 0.1) is 4.90 Å². The van der Waals surface area contributed by atoms with Crippen molar-refractivity contribution < 1.29 is 13.2 Å². The highest BCUT2D eigenvalue weighted by Crippen LogP contribution is 2.21. The van der Waals surface area contributed by atoms with Crippen LogP contribution in [-0.2, 0) is 14.8 Å². The van der Waals surface area contributed by atoms with E-state index in [4.69, 9.17) is 0 Å². The van der Waals surface area contributed by atoms with E-state index >= 15 is 0 Å². The van der Waals surface area contributed by atoms with Gasteiger partial charge in [-0.1, -0.05) is 24.6 Å². The zero-order valence-corrected chi connectivity index (χ0v) is 16.4. The maximum atomic E-state index is 12.4. The monoisotopic (exact) mass is 377 g/mol. The van der Waals surface area contributed by atoms with Gasteiger partial charge in [-0.2, -0.15) is 0 Å². The lowest BCUT2D eigenvalue weighted by atomic mass is 10.1. The summed E-state index contributed by atoms with van der Waals surface area (Å²) in [7, 11) is -3.61. The van der Waals surface area contributed by atoms with Crippen molar-refractivity contribution in [3.63, 3.8) is 0 Å². The third-order valence-corrected chi connectivity index (χ3v) is 5.16. The van der Waals surface area contributed by atoms with Crippen LogP contribution in [0.5, 0.6) is 0 Å². The van der Waals surface area contributed by atoms with Crippen LogP contribution in [0.15, 0.2) is 17.0 Å². The van der Waals surface area contributed by atoms with Gasteiger partial charge in [-0.05, 0) is 38.4 Å². The minimum absolute atomic E-state index is 0. The average molecular weight is 378 g/mol.